The zero-order valence-electron chi connectivity index (χ0n) is 69.2. The van der Waals surface area contributed by atoms with E-state index in [0.717, 1.165) is 88.2 Å². The van der Waals surface area contributed by atoms with Gasteiger partial charge in [0.1, 0.15) is 22.3 Å². The summed E-state index contributed by atoms with van der Waals surface area (Å²) in [4.78, 5) is 2.34. The molecule has 0 amide bonds. The molecule has 4 aromatic heterocycles. The Labute approximate surface area is 752 Å². The van der Waals surface area contributed by atoms with Crippen LogP contribution < -0.4 is 10.2 Å². The van der Waals surface area contributed by atoms with E-state index < -0.39 is 0 Å². The van der Waals surface area contributed by atoms with Gasteiger partial charge in [-0.15, -0.1) is 0 Å². The van der Waals surface area contributed by atoms with Crippen molar-refractivity contribution in [2.45, 2.75) is 7.43 Å². The van der Waals surface area contributed by atoms with E-state index in [4.69, 9.17) is 8.83 Å². The monoisotopic (exact) mass is 1700 g/mol. The van der Waals surface area contributed by atoms with Crippen molar-refractivity contribution in [3.05, 3.63) is 490 Å². The lowest BCUT2D eigenvalue weighted by atomic mass is 9.98. The van der Waals surface area contributed by atoms with Crippen LogP contribution in [0.15, 0.2) is 499 Å². The van der Waals surface area contributed by atoms with Crippen molar-refractivity contribution >= 4 is 132 Å². The van der Waals surface area contributed by atoms with Crippen LogP contribution >= 0.6 is 15.9 Å². The van der Waals surface area contributed by atoms with Crippen molar-refractivity contribution in [1.82, 2.24) is 9.13 Å². The number of hydrogen-bond acceptors (Lipinski definition) is 4. The molecule has 0 atom stereocenters. The Kier molecular flexibility index (Phi) is 21.4. The lowest BCUT2D eigenvalue weighted by Crippen LogP contribution is -2.09. The number of aromatic nitrogens is 2. The number of anilines is 5. The minimum absolute atomic E-state index is 0. The van der Waals surface area contributed by atoms with Crippen LogP contribution in [-0.2, 0) is 0 Å². The fourth-order valence-electron chi connectivity index (χ4n) is 18.2. The van der Waals surface area contributed by atoms with E-state index in [1.165, 1.54) is 133 Å². The van der Waals surface area contributed by atoms with E-state index in [-0.39, 0.29) is 7.43 Å². The summed E-state index contributed by atoms with van der Waals surface area (Å²) >= 11 is 3.51. The standard InChI is InChI=1S/C60H40N2O.C30H20BrN.C30H21NO.CH4/c1-2-12-41(13-3-1)43-28-34-48(35-29-43)61(50-38-32-46(33-39-50)52-19-11-23-59-60(52)55-18-6-9-22-58(55)63-59)49-36-30-44(31-37-49)42-24-26-45(27-25-42)47-14-10-15-51(40-47)62-56-20-7-4-16-53(56)54-17-5-8-21-57(54)62;31-25-18-16-22(17-19-25)21-12-14-23(15-13-21)24-6-5-7-26(20-24)32-29-10-3-1-8-27(29)28-9-2-4-11-30(28)32;1-2-7-21(8-3-1)22-13-17-24(18-14-22)31-25-19-15-23(16-20-25)26-10-6-12-29-30(26)27-9-4-5-11-28(27)32-29;/h1-40H;1-20H;1-20,31H;1H4. The molecule has 20 aromatic carbocycles. The van der Waals surface area contributed by atoms with Gasteiger partial charge >= 0.3 is 0 Å². The van der Waals surface area contributed by atoms with E-state index in [2.05, 4.69) is 484 Å². The van der Waals surface area contributed by atoms with Gasteiger partial charge in [-0.25, -0.2) is 0 Å². The average Bonchev–Trinajstić information content (AvgIpc) is 1.66. The van der Waals surface area contributed by atoms with Gasteiger partial charge in [0.2, 0.25) is 0 Å². The molecule has 0 radical (unpaired) electrons. The Bertz CT molecular complexity index is 7990. The molecular formula is C121H85BrN4O2. The predicted octanol–water partition coefficient (Wildman–Crippen LogP) is 35.0. The molecule has 6 nitrogen and oxygen atoms in total. The minimum Gasteiger partial charge on any atom is -0.456 e. The molecule has 7 heteroatoms. The number of furan rings is 2. The third kappa shape index (κ3) is 15.4. The van der Waals surface area contributed by atoms with E-state index in [1.807, 2.05) is 36.4 Å². The molecule has 24 rings (SSSR count). The molecule has 0 bridgehead atoms. The molecule has 0 spiro atoms. The van der Waals surface area contributed by atoms with E-state index in [9.17, 15) is 0 Å². The Morgan fingerprint density at radius 3 is 0.812 bits per heavy atom. The third-order valence-electron chi connectivity index (χ3n) is 24.4. The molecule has 0 fully saturated rings. The fourth-order valence-corrected chi connectivity index (χ4v) is 18.4. The molecule has 0 aliphatic rings. The van der Waals surface area contributed by atoms with Gasteiger partial charge in [0.15, 0.2) is 0 Å². The number of halogens is 1. The van der Waals surface area contributed by atoms with Gasteiger partial charge in [0.05, 0.1) is 22.1 Å². The van der Waals surface area contributed by atoms with Gasteiger partial charge in [0.25, 0.3) is 0 Å². The molecular weight excluding hydrogens is 1620 g/mol. The smallest absolute Gasteiger partial charge is 0.136 e. The van der Waals surface area contributed by atoms with Gasteiger partial charge in [-0.2, -0.15) is 0 Å². The summed E-state index contributed by atoms with van der Waals surface area (Å²) in [5.41, 5.74) is 35.3. The van der Waals surface area contributed by atoms with Crippen LogP contribution in [0.3, 0.4) is 0 Å². The van der Waals surface area contributed by atoms with Crippen molar-refractivity contribution in [3.63, 3.8) is 0 Å². The first kappa shape index (κ1) is 78.9. The lowest BCUT2D eigenvalue weighted by Gasteiger charge is -2.26. The second-order valence-corrected chi connectivity index (χ2v) is 33.0. The molecule has 0 unspecified atom stereocenters. The first-order valence-corrected chi connectivity index (χ1v) is 43.8. The zero-order chi connectivity index (χ0) is 84.5. The highest BCUT2D eigenvalue weighted by atomic mass is 79.9. The van der Waals surface area contributed by atoms with Crippen molar-refractivity contribution in [1.29, 1.82) is 0 Å². The number of fused-ring (bicyclic) bond motifs is 12. The summed E-state index contributed by atoms with van der Waals surface area (Å²) in [5.74, 6) is 0. The van der Waals surface area contributed by atoms with Gasteiger partial charge in [-0.1, -0.05) is 363 Å². The van der Waals surface area contributed by atoms with Gasteiger partial charge in [-0.3, -0.25) is 0 Å². The largest absolute Gasteiger partial charge is 0.456 e. The molecule has 24 aromatic rings. The second-order valence-electron chi connectivity index (χ2n) is 32.0. The molecule has 608 valence electrons. The summed E-state index contributed by atoms with van der Waals surface area (Å²) < 4.78 is 18.1. The summed E-state index contributed by atoms with van der Waals surface area (Å²) in [6.45, 7) is 0. The van der Waals surface area contributed by atoms with Gasteiger partial charge in [0, 0.05) is 87.4 Å². The van der Waals surface area contributed by atoms with Crippen molar-refractivity contribution in [2.75, 3.05) is 10.2 Å². The summed E-state index contributed by atoms with van der Waals surface area (Å²) in [7, 11) is 0. The Morgan fingerprint density at radius 2 is 0.453 bits per heavy atom. The van der Waals surface area contributed by atoms with E-state index in [0.29, 0.717) is 0 Å². The summed E-state index contributed by atoms with van der Waals surface area (Å²) in [5, 5.41) is 13.2. The van der Waals surface area contributed by atoms with Crippen molar-refractivity contribution < 1.29 is 8.83 Å². The minimum atomic E-state index is 0. The topological polar surface area (TPSA) is 51.4 Å². The van der Waals surface area contributed by atoms with E-state index >= 15 is 0 Å². The zero-order valence-corrected chi connectivity index (χ0v) is 70.8. The van der Waals surface area contributed by atoms with Crippen LogP contribution in [0, 0.1) is 0 Å². The maximum absolute atomic E-state index is 6.23. The molecule has 0 aliphatic carbocycles. The van der Waals surface area contributed by atoms with Crippen LogP contribution in [0.25, 0.3) is 188 Å². The van der Waals surface area contributed by atoms with Crippen LogP contribution in [-0.4, -0.2) is 9.13 Å². The van der Waals surface area contributed by atoms with E-state index in [1.54, 1.807) is 0 Å². The molecule has 128 heavy (non-hydrogen) atoms. The van der Waals surface area contributed by atoms with Crippen LogP contribution in [0.5, 0.6) is 0 Å². The van der Waals surface area contributed by atoms with Crippen LogP contribution in [0.2, 0.25) is 0 Å². The number of para-hydroxylation sites is 6. The van der Waals surface area contributed by atoms with Gasteiger partial charge < -0.3 is 28.2 Å². The van der Waals surface area contributed by atoms with Crippen LogP contribution in [0.4, 0.5) is 28.4 Å². The number of benzene rings is 20. The lowest BCUT2D eigenvalue weighted by molar-refractivity contribution is 0.668. The number of nitrogens with one attached hydrogen (secondary N) is 1. The average molecular weight is 1710 g/mol. The maximum atomic E-state index is 6.23. The predicted molar refractivity (Wildman–Crippen MR) is 545 cm³/mol. The fraction of sp³-hybridized carbons (Fsp3) is 0.00826. The Balaban J connectivity index is 0.000000128. The molecule has 0 aliphatic heterocycles. The first-order chi connectivity index (χ1) is 62.9. The highest BCUT2D eigenvalue weighted by molar-refractivity contribution is 9.10. The van der Waals surface area contributed by atoms with Crippen molar-refractivity contribution in [2.24, 2.45) is 0 Å². The normalized spacial score (nSPS) is 11.3. The maximum Gasteiger partial charge on any atom is 0.136 e. The molecule has 1 N–H and O–H groups in total. The SMILES string of the molecule is Brc1ccc(-c2ccc(-c3cccc(-n4c5ccccc5c5ccccc54)c3)cc2)cc1.C.c1ccc(-c2ccc(N(c3ccc(-c4ccc(-c5cccc(-n6c7ccccc7c7ccccc76)c5)cc4)cc3)c3ccc(-c4cccc5oc6ccccc6c45)cc3)cc2)cc1.c1ccc(-c2ccc(Nc3ccc(-c4cccc5oc6ccccc6c45)cc3)cc2)cc1. The molecule has 4 heterocycles. The Hall–Kier alpha value is -16.3. The summed E-state index contributed by atoms with van der Waals surface area (Å²) in [6.07, 6.45) is 0. The Morgan fingerprint density at radius 1 is 0.203 bits per heavy atom. The van der Waals surface area contributed by atoms with Gasteiger partial charge in [-0.05, 0) is 235 Å². The number of nitrogens with zero attached hydrogens (tertiary/aromatic N) is 3. The third-order valence-corrected chi connectivity index (χ3v) is 24.9. The van der Waals surface area contributed by atoms with Crippen molar-refractivity contribution in [3.8, 4) is 100 Å². The highest BCUT2D eigenvalue weighted by Crippen LogP contribution is 2.44. The van der Waals surface area contributed by atoms with Crippen LogP contribution in [0.1, 0.15) is 7.43 Å². The summed E-state index contributed by atoms with van der Waals surface area (Å²) in [6, 6.07) is 172. The quantitative estimate of drug-likeness (QED) is 0.111. The number of hydrogen-bond donors (Lipinski definition) is 1. The molecule has 0 saturated heterocycles. The molecule has 0 saturated carbocycles. The first-order valence-electron chi connectivity index (χ1n) is 43.0. The highest BCUT2D eigenvalue weighted by Gasteiger charge is 2.20. The second kappa shape index (κ2) is 34.8. The number of rotatable bonds is 15.